The maximum Gasteiger partial charge on any atom is 0.339 e. The molecule has 0 aliphatic heterocycles. The molecule has 0 saturated carbocycles. The van der Waals surface area contributed by atoms with Crippen molar-refractivity contribution in [3.63, 3.8) is 0 Å². The van der Waals surface area contributed by atoms with E-state index in [1.54, 1.807) is 31.2 Å². The van der Waals surface area contributed by atoms with Crippen molar-refractivity contribution >= 4 is 17.6 Å². The van der Waals surface area contributed by atoms with Crippen molar-refractivity contribution in [1.29, 1.82) is 0 Å². The highest BCUT2D eigenvalue weighted by molar-refractivity contribution is 6.02. The Kier molecular flexibility index (Phi) is 5.58. The Bertz CT molecular complexity index is 755. The monoisotopic (exact) mass is 327 g/mol. The Hall–Kier alpha value is -2.82. The van der Waals surface area contributed by atoms with Gasteiger partial charge in [-0.1, -0.05) is 24.3 Å². The van der Waals surface area contributed by atoms with Gasteiger partial charge in [0.1, 0.15) is 5.75 Å². The highest BCUT2D eigenvalue weighted by Crippen LogP contribution is 2.22. The van der Waals surface area contributed by atoms with Crippen LogP contribution in [0.2, 0.25) is 0 Å². The van der Waals surface area contributed by atoms with Crippen LogP contribution >= 0.6 is 0 Å². The molecule has 2 rings (SSSR count). The van der Waals surface area contributed by atoms with E-state index in [1.165, 1.54) is 7.11 Å². The smallest absolute Gasteiger partial charge is 0.339 e. The Morgan fingerprint density at radius 1 is 1.04 bits per heavy atom. The number of esters is 1. The van der Waals surface area contributed by atoms with Gasteiger partial charge in [0.25, 0.3) is 5.91 Å². The largest absolute Gasteiger partial charge is 0.481 e. The second kappa shape index (κ2) is 7.64. The maximum atomic E-state index is 12.4. The molecule has 1 N–H and O–H groups in total. The first-order valence-electron chi connectivity index (χ1n) is 7.65. The van der Waals surface area contributed by atoms with Crippen LogP contribution in [0.3, 0.4) is 0 Å². The Morgan fingerprint density at radius 2 is 1.75 bits per heavy atom. The van der Waals surface area contributed by atoms with Crippen molar-refractivity contribution in [3.05, 3.63) is 59.2 Å². The first-order chi connectivity index (χ1) is 11.4. The van der Waals surface area contributed by atoms with Crippen molar-refractivity contribution in [1.82, 2.24) is 0 Å². The van der Waals surface area contributed by atoms with Gasteiger partial charge in [0.2, 0.25) is 0 Å². The molecular weight excluding hydrogens is 306 g/mol. The molecule has 126 valence electrons. The summed E-state index contributed by atoms with van der Waals surface area (Å²) in [6.45, 7) is 5.60. The number of anilines is 1. The highest BCUT2D eigenvalue weighted by atomic mass is 16.5. The molecule has 0 aliphatic carbocycles. The summed E-state index contributed by atoms with van der Waals surface area (Å²) in [5.74, 6) is -0.180. The van der Waals surface area contributed by atoms with Crippen LogP contribution in [0.4, 0.5) is 5.69 Å². The van der Waals surface area contributed by atoms with Crippen LogP contribution in [-0.2, 0) is 9.53 Å². The van der Waals surface area contributed by atoms with Crippen LogP contribution < -0.4 is 10.1 Å². The molecule has 1 atom stereocenters. The van der Waals surface area contributed by atoms with E-state index in [0.717, 1.165) is 11.1 Å². The lowest BCUT2D eigenvalue weighted by molar-refractivity contribution is -0.122. The number of hydrogen-bond acceptors (Lipinski definition) is 4. The molecule has 0 aromatic heterocycles. The fourth-order valence-corrected chi connectivity index (χ4v) is 2.21. The number of hydrogen-bond donors (Lipinski definition) is 1. The zero-order valence-electron chi connectivity index (χ0n) is 14.3. The number of para-hydroxylation sites is 1. The average Bonchev–Trinajstić information content (AvgIpc) is 2.58. The number of amides is 1. The van der Waals surface area contributed by atoms with Gasteiger partial charge in [-0.2, -0.15) is 0 Å². The minimum absolute atomic E-state index is 0.298. The van der Waals surface area contributed by atoms with Gasteiger partial charge in [0, 0.05) is 0 Å². The van der Waals surface area contributed by atoms with E-state index in [-0.39, 0.29) is 5.91 Å². The number of ether oxygens (including phenoxy) is 2. The molecule has 0 radical (unpaired) electrons. The Balaban J connectivity index is 2.13. The summed E-state index contributed by atoms with van der Waals surface area (Å²) < 4.78 is 10.5. The predicted octanol–water partition coefficient (Wildman–Crippen LogP) is 3.50. The third kappa shape index (κ3) is 3.93. The van der Waals surface area contributed by atoms with E-state index in [1.807, 2.05) is 32.0 Å². The number of benzene rings is 2. The third-order valence-electron chi connectivity index (χ3n) is 3.82. The first-order valence-corrected chi connectivity index (χ1v) is 7.65. The normalized spacial score (nSPS) is 11.5. The number of carbonyl (C=O) groups is 2. The number of carbonyl (C=O) groups excluding carboxylic acids is 2. The number of aryl methyl sites for hydroxylation is 1. The summed E-state index contributed by atoms with van der Waals surface area (Å²) in [7, 11) is 1.30. The molecule has 0 heterocycles. The van der Waals surface area contributed by atoms with Gasteiger partial charge in [-0.15, -0.1) is 0 Å². The summed E-state index contributed by atoms with van der Waals surface area (Å²) in [6, 6.07) is 12.4. The predicted molar refractivity (Wildman–Crippen MR) is 92.4 cm³/mol. The van der Waals surface area contributed by atoms with E-state index < -0.39 is 12.1 Å². The molecule has 1 amide bonds. The SMILES string of the molecule is COC(=O)c1ccccc1NC(=O)[C@@H](C)Oc1cccc(C)c1C. The molecule has 2 aromatic carbocycles. The van der Waals surface area contributed by atoms with Crippen molar-refractivity contribution in [2.24, 2.45) is 0 Å². The van der Waals surface area contributed by atoms with Gasteiger partial charge >= 0.3 is 5.97 Å². The van der Waals surface area contributed by atoms with E-state index in [2.05, 4.69) is 5.32 Å². The second-order valence-electron chi connectivity index (χ2n) is 5.48. The minimum Gasteiger partial charge on any atom is -0.481 e. The van der Waals surface area contributed by atoms with E-state index in [0.29, 0.717) is 17.0 Å². The average molecular weight is 327 g/mol. The van der Waals surface area contributed by atoms with Gasteiger partial charge in [0.15, 0.2) is 6.10 Å². The lowest BCUT2D eigenvalue weighted by Gasteiger charge is -2.18. The fraction of sp³-hybridized carbons (Fsp3) is 0.263. The van der Waals surface area contributed by atoms with Crippen LogP contribution in [0.1, 0.15) is 28.4 Å². The summed E-state index contributed by atoms with van der Waals surface area (Å²) in [4.78, 5) is 24.1. The molecule has 2 aromatic rings. The maximum absolute atomic E-state index is 12.4. The Morgan fingerprint density at radius 3 is 2.46 bits per heavy atom. The van der Waals surface area contributed by atoms with Gasteiger partial charge in [-0.05, 0) is 50.1 Å². The summed E-state index contributed by atoms with van der Waals surface area (Å²) in [5.41, 5.74) is 2.78. The van der Waals surface area contributed by atoms with Gasteiger partial charge in [0.05, 0.1) is 18.4 Å². The van der Waals surface area contributed by atoms with Crippen molar-refractivity contribution in [2.75, 3.05) is 12.4 Å². The van der Waals surface area contributed by atoms with Gasteiger partial charge < -0.3 is 14.8 Å². The quantitative estimate of drug-likeness (QED) is 0.854. The first kappa shape index (κ1) is 17.5. The lowest BCUT2D eigenvalue weighted by atomic mass is 10.1. The number of rotatable bonds is 5. The molecular formula is C19H21NO4. The fourth-order valence-electron chi connectivity index (χ4n) is 2.21. The number of methoxy groups -OCH3 is 1. The van der Waals surface area contributed by atoms with Crippen LogP contribution in [0.25, 0.3) is 0 Å². The standard InChI is InChI=1S/C19H21NO4/c1-12-8-7-11-17(13(12)2)24-14(3)18(21)20-16-10-6-5-9-15(16)19(22)23-4/h5-11,14H,1-4H3,(H,20,21)/t14-/m1/s1. The molecule has 0 saturated heterocycles. The molecule has 0 fully saturated rings. The molecule has 24 heavy (non-hydrogen) atoms. The second-order valence-corrected chi connectivity index (χ2v) is 5.48. The lowest BCUT2D eigenvalue weighted by Crippen LogP contribution is -2.31. The molecule has 0 aliphatic rings. The zero-order chi connectivity index (χ0) is 17.7. The van der Waals surface area contributed by atoms with Crippen LogP contribution in [0, 0.1) is 13.8 Å². The van der Waals surface area contributed by atoms with Crippen molar-refractivity contribution < 1.29 is 19.1 Å². The van der Waals surface area contributed by atoms with Gasteiger partial charge in [-0.3, -0.25) is 4.79 Å². The molecule has 0 spiro atoms. The molecule has 0 unspecified atom stereocenters. The summed E-state index contributed by atoms with van der Waals surface area (Å²) in [6.07, 6.45) is -0.712. The number of nitrogens with one attached hydrogen (secondary N) is 1. The zero-order valence-corrected chi connectivity index (χ0v) is 14.3. The molecule has 5 heteroatoms. The molecule has 0 bridgehead atoms. The van der Waals surface area contributed by atoms with Crippen LogP contribution in [0.15, 0.2) is 42.5 Å². The van der Waals surface area contributed by atoms with E-state index in [4.69, 9.17) is 9.47 Å². The Labute approximate surface area is 141 Å². The van der Waals surface area contributed by atoms with E-state index in [9.17, 15) is 9.59 Å². The van der Waals surface area contributed by atoms with Crippen molar-refractivity contribution in [3.8, 4) is 5.75 Å². The topological polar surface area (TPSA) is 64.6 Å². The van der Waals surface area contributed by atoms with E-state index >= 15 is 0 Å². The van der Waals surface area contributed by atoms with Crippen LogP contribution in [-0.4, -0.2) is 25.1 Å². The van der Waals surface area contributed by atoms with Gasteiger partial charge in [-0.25, -0.2) is 4.79 Å². The van der Waals surface area contributed by atoms with Crippen molar-refractivity contribution in [2.45, 2.75) is 26.9 Å². The minimum atomic E-state index is -0.712. The highest BCUT2D eigenvalue weighted by Gasteiger charge is 2.19. The van der Waals surface area contributed by atoms with Crippen LogP contribution in [0.5, 0.6) is 5.75 Å². The molecule has 5 nitrogen and oxygen atoms in total. The third-order valence-corrected chi connectivity index (χ3v) is 3.82. The summed E-state index contributed by atoms with van der Waals surface area (Å²) >= 11 is 0. The summed E-state index contributed by atoms with van der Waals surface area (Å²) in [5, 5.41) is 2.72.